The summed E-state index contributed by atoms with van der Waals surface area (Å²) in [5.74, 6) is -0.0192. The number of hydrogen-bond acceptors (Lipinski definition) is 6. The summed E-state index contributed by atoms with van der Waals surface area (Å²) >= 11 is 0.686. The van der Waals surface area contributed by atoms with Crippen LogP contribution in [-0.4, -0.2) is 52.1 Å². The first-order chi connectivity index (χ1) is 17.5. The van der Waals surface area contributed by atoms with Crippen LogP contribution in [0.3, 0.4) is 0 Å². The molecular weight excluding hydrogens is 474 g/mol. The molecule has 7 nitrogen and oxygen atoms in total. The number of amides is 2. The van der Waals surface area contributed by atoms with Gasteiger partial charge in [0.25, 0.3) is 11.1 Å². The molecule has 1 unspecified atom stereocenters. The molecular formula is C28H27N3O4S. The average Bonchev–Trinajstić information content (AvgIpc) is 3.16. The third-order valence-electron chi connectivity index (χ3n) is 6.29. The number of rotatable bonds is 8. The molecule has 8 heteroatoms. The van der Waals surface area contributed by atoms with Gasteiger partial charge in [0.15, 0.2) is 0 Å². The van der Waals surface area contributed by atoms with Gasteiger partial charge >= 0.3 is 0 Å². The predicted molar refractivity (Wildman–Crippen MR) is 140 cm³/mol. The second-order valence-electron chi connectivity index (χ2n) is 8.87. The van der Waals surface area contributed by atoms with E-state index in [1.165, 1.54) is 4.90 Å². The van der Waals surface area contributed by atoms with Gasteiger partial charge in [-0.1, -0.05) is 60.2 Å². The Hall–Kier alpha value is -3.62. The minimum atomic E-state index is -0.913. The maximum atomic E-state index is 13.3. The van der Waals surface area contributed by atoms with Crippen molar-refractivity contribution in [3.63, 3.8) is 0 Å². The molecule has 5 rings (SSSR count). The Bertz CT molecular complexity index is 1270. The lowest BCUT2D eigenvalue weighted by molar-refractivity contribution is -0.129. The Morgan fingerprint density at radius 3 is 2.42 bits per heavy atom. The van der Waals surface area contributed by atoms with Crippen LogP contribution in [0.15, 0.2) is 78.9 Å². The summed E-state index contributed by atoms with van der Waals surface area (Å²) in [5.41, 5.74) is 4.55. The summed E-state index contributed by atoms with van der Waals surface area (Å²) in [6, 6.07) is 25.5. The van der Waals surface area contributed by atoms with Gasteiger partial charge in [-0.25, -0.2) is 0 Å². The monoisotopic (exact) mass is 501 g/mol. The molecule has 1 fully saturated rings. The van der Waals surface area contributed by atoms with Gasteiger partial charge in [0.2, 0.25) is 11.3 Å². The zero-order chi connectivity index (χ0) is 25.1. The molecule has 2 amide bonds. The van der Waals surface area contributed by atoms with Crippen molar-refractivity contribution in [1.29, 1.82) is 0 Å². The van der Waals surface area contributed by atoms with Gasteiger partial charge < -0.3 is 14.5 Å². The summed E-state index contributed by atoms with van der Waals surface area (Å²) in [4.78, 5) is 43.5. The Balaban J connectivity index is 1.24. The summed E-state index contributed by atoms with van der Waals surface area (Å²) in [6.07, 6.45) is -0.374. The Morgan fingerprint density at radius 1 is 0.944 bits per heavy atom. The summed E-state index contributed by atoms with van der Waals surface area (Å²) in [5, 5.41) is -0.602. The first-order valence-electron chi connectivity index (χ1n) is 11.9. The molecule has 1 atom stereocenters. The number of aryl methyl sites for hydroxylation is 1. The summed E-state index contributed by atoms with van der Waals surface area (Å²) < 4.78 is 5.88. The van der Waals surface area contributed by atoms with Crippen LogP contribution >= 0.6 is 11.8 Å². The van der Waals surface area contributed by atoms with E-state index in [4.69, 9.17) is 4.74 Å². The molecule has 0 saturated carbocycles. The first kappa shape index (κ1) is 24.1. The van der Waals surface area contributed by atoms with E-state index >= 15 is 0 Å². The number of ether oxygens (including phenoxy) is 1. The van der Waals surface area contributed by atoms with E-state index in [-0.39, 0.29) is 22.9 Å². The highest BCUT2D eigenvalue weighted by atomic mass is 32.2. The number of hydrogen-bond donors (Lipinski definition) is 0. The molecule has 0 spiro atoms. The lowest BCUT2D eigenvalue weighted by atomic mass is 10.0. The standard InChI is InChI=1S/C28H27N3O4S/c1-20-13-14-24-23(17-20)25(32)29(19-31(24)22-11-6-3-7-12-22)15-8-16-35-26-27(33)36-28(34)30(26)18-21-9-4-2-5-10-21/h2-7,9-14,17,26H,8,15-16,18-19H2,1H3. The number of anilines is 2. The first-order valence-corrected chi connectivity index (χ1v) is 12.7. The molecule has 2 heterocycles. The van der Waals surface area contributed by atoms with Gasteiger partial charge in [0.05, 0.1) is 24.5 Å². The van der Waals surface area contributed by atoms with Gasteiger partial charge in [0.1, 0.15) is 0 Å². The molecule has 184 valence electrons. The molecule has 36 heavy (non-hydrogen) atoms. The van der Waals surface area contributed by atoms with Crippen molar-refractivity contribution >= 4 is 39.4 Å². The van der Waals surface area contributed by atoms with E-state index in [9.17, 15) is 14.4 Å². The van der Waals surface area contributed by atoms with Crippen LogP contribution in [-0.2, 0) is 16.1 Å². The van der Waals surface area contributed by atoms with Crippen molar-refractivity contribution in [2.24, 2.45) is 0 Å². The number of thioether (sulfide) groups is 1. The topological polar surface area (TPSA) is 70.2 Å². The van der Waals surface area contributed by atoms with Crippen LogP contribution < -0.4 is 4.90 Å². The molecule has 3 aromatic carbocycles. The van der Waals surface area contributed by atoms with Crippen molar-refractivity contribution in [2.75, 3.05) is 24.7 Å². The molecule has 0 aromatic heterocycles. The second kappa shape index (κ2) is 10.6. The van der Waals surface area contributed by atoms with E-state index in [1.54, 1.807) is 4.90 Å². The molecule has 0 aliphatic carbocycles. The van der Waals surface area contributed by atoms with Crippen molar-refractivity contribution in [3.05, 3.63) is 95.6 Å². The third kappa shape index (κ3) is 5.01. The number of nitrogens with zero attached hydrogens (tertiary/aromatic N) is 3. The Morgan fingerprint density at radius 2 is 1.67 bits per heavy atom. The van der Waals surface area contributed by atoms with Crippen molar-refractivity contribution in [2.45, 2.75) is 26.1 Å². The van der Waals surface area contributed by atoms with E-state index < -0.39 is 6.23 Å². The highest BCUT2D eigenvalue weighted by Crippen LogP contribution is 2.34. The predicted octanol–water partition coefficient (Wildman–Crippen LogP) is 5.17. The fourth-order valence-electron chi connectivity index (χ4n) is 4.49. The number of carbonyl (C=O) groups is 3. The fraction of sp³-hybridized carbons (Fsp3) is 0.250. The van der Waals surface area contributed by atoms with Crippen LogP contribution in [0.1, 0.15) is 27.9 Å². The highest BCUT2D eigenvalue weighted by molar-refractivity contribution is 8.26. The van der Waals surface area contributed by atoms with Crippen LogP contribution in [0, 0.1) is 6.92 Å². The van der Waals surface area contributed by atoms with Crippen molar-refractivity contribution < 1.29 is 19.1 Å². The minimum Gasteiger partial charge on any atom is -0.350 e. The molecule has 2 aliphatic rings. The Labute approximate surface area is 214 Å². The van der Waals surface area contributed by atoms with Gasteiger partial charge in [-0.15, -0.1) is 0 Å². The number of fused-ring (bicyclic) bond motifs is 1. The fourth-order valence-corrected chi connectivity index (χ4v) is 5.24. The lowest BCUT2D eigenvalue weighted by Crippen LogP contribution is -2.45. The normalized spacial score (nSPS) is 17.6. The number of para-hydroxylation sites is 1. The highest BCUT2D eigenvalue weighted by Gasteiger charge is 2.40. The summed E-state index contributed by atoms with van der Waals surface area (Å²) in [6.45, 7) is 3.44. The Kier molecular flexibility index (Phi) is 7.06. The zero-order valence-electron chi connectivity index (χ0n) is 20.0. The SMILES string of the molecule is Cc1ccc2c(c1)C(=O)N(CCCOC1C(=O)SC(=O)N1Cc1ccccc1)CN2c1ccccc1. The van der Waals surface area contributed by atoms with Crippen molar-refractivity contribution in [1.82, 2.24) is 9.80 Å². The minimum absolute atomic E-state index is 0.0192. The van der Waals surface area contributed by atoms with Crippen molar-refractivity contribution in [3.8, 4) is 0 Å². The average molecular weight is 502 g/mol. The smallest absolute Gasteiger partial charge is 0.292 e. The molecule has 2 aliphatic heterocycles. The zero-order valence-corrected chi connectivity index (χ0v) is 20.8. The molecule has 0 bridgehead atoms. The van der Waals surface area contributed by atoms with Gasteiger partial charge in [-0.3, -0.25) is 19.3 Å². The number of benzene rings is 3. The largest absolute Gasteiger partial charge is 0.350 e. The van der Waals surface area contributed by atoms with Crippen LogP contribution in [0.4, 0.5) is 16.2 Å². The molecule has 0 radical (unpaired) electrons. The van der Waals surface area contributed by atoms with Crippen LogP contribution in [0.2, 0.25) is 0 Å². The maximum absolute atomic E-state index is 13.3. The molecule has 3 aromatic rings. The van der Waals surface area contributed by atoms with Crippen LogP contribution in [0.25, 0.3) is 0 Å². The van der Waals surface area contributed by atoms with Gasteiger partial charge in [-0.05, 0) is 43.2 Å². The van der Waals surface area contributed by atoms with E-state index in [0.29, 0.717) is 43.5 Å². The lowest BCUT2D eigenvalue weighted by Gasteiger charge is -2.38. The second-order valence-corrected chi connectivity index (χ2v) is 9.83. The van der Waals surface area contributed by atoms with Gasteiger partial charge in [0, 0.05) is 30.5 Å². The quantitative estimate of drug-likeness (QED) is 0.397. The van der Waals surface area contributed by atoms with Gasteiger partial charge in [-0.2, -0.15) is 0 Å². The van der Waals surface area contributed by atoms with E-state index in [0.717, 1.165) is 22.5 Å². The maximum Gasteiger partial charge on any atom is 0.292 e. The third-order valence-corrected chi connectivity index (χ3v) is 7.10. The molecule has 0 N–H and O–H groups in total. The molecule has 1 saturated heterocycles. The summed E-state index contributed by atoms with van der Waals surface area (Å²) in [7, 11) is 0. The van der Waals surface area contributed by atoms with E-state index in [2.05, 4.69) is 4.90 Å². The van der Waals surface area contributed by atoms with E-state index in [1.807, 2.05) is 85.8 Å². The van der Waals surface area contributed by atoms with Crippen LogP contribution in [0.5, 0.6) is 0 Å². The number of carbonyl (C=O) groups excluding carboxylic acids is 3.